The van der Waals surface area contributed by atoms with E-state index in [1.54, 1.807) is 23.1 Å². The fraction of sp³-hybridized carbons (Fsp3) is 0.500. The fourth-order valence-electron chi connectivity index (χ4n) is 2.66. The van der Waals surface area contributed by atoms with Crippen LogP contribution in [0.1, 0.15) is 23.2 Å². The van der Waals surface area contributed by atoms with Crippen LogP contribution in [-0.2, 0) is 9.47 Å². The molecule has 102 valence electrons. The lowest BCUT2D eigenvalue weighted by Gasteiger charge is -2.37. The molecule has 0 saturated carbocycles. The van der Waals surface area contributed by atoms with Crippen LogP contribution in [0.3, 0.4) is 0 Å². The predicted molar refractivity (Wildman–Crippen MR) is 67.9 cm³/mol. The molecule has 1 N–H and O–H groups in total. The van der Waals surface area contributed by atoms with Crippen molar-refractivity contribution in [1.82, 2.24) is 4.90 Å². The summed E-state index contributed by atoms with van der Waals surface area (Å²) >= 11 is 0. The summed E-state index contributed by atoms with van der Waals surface area (Å²) in [6.07, 6.45) is 1.41. The Morgan fingerprint density at radius 3 is 2.53 bits per heavy atom. The van der Waals surface area contributed by atoms with Crippen molar-refractivity contribution in [3.8, 4) is 5.75 Å². The first-order chi connectivity index (χ1) is 9.19. The molecular formula is C14H17NO4. The van der Waals surface area contributed by atoms with Gasteiger partial charge < -0.3 is 19.5 Å². The van der Waals surface area contributed by atoms with Crippen LogP contribution < -0.4 is 0 Å². The van der Waals surface area contributed by atoms with E-state index in [0.717, 1.165) is 0 Å². The molecule has 2 aliphatic rings. The molecule has 0 aromatic heterocycles. The molecule has 0 atom stereocenters. The number of aromatic hydroxyl groups is 1. The third-order valence-corrected chi connectivity index (χ3v) is 3.72. The Morgan fingerprint density at radius 2 is 1.89 bits per heavy atom. The van der Waals surface area contributed by atoms with E-state index in [4.69, 9.17) is 9.47 Å². The van der Waals surface area contributed by atoms with Crippen molar-refractivity contribution in [3.05, 3.63) is 29.8 Å². The van der Waals surface area contributed by atoms with E-state index < -0.39 is 5.79 Å². The van der Waals surface area contributed by atoms with Crippen LogP contribution in [0.25, 0.3) is 0 Å². The molecule has 2 heterocycles. The standard InChI is InChI=1S/C14H17NO4/c16-12-3-1-2-11(10-12)13(17)15-6-4-14(5-7-15)18-8-9-19-14/h1-3,10,16H,4-9H2. The molecule has 2 fully saturated rings. The van der Waals surface area contributed by atoms with Crippen LogP contribution in [-0.4, -0.2) is 48.0 Å². The SMILES string of the molecule is O=C(c1cccc(O)c1)N1CCC2(CC1)OCCO2. The van der Waals surface area contributed by atoms with Crippen LogP contribution in [0.5, 0.6) is 5.75 Å². The number of hydrogen-bond donors (Lipinski definition) is 1. The van der Waals surface area contributed by atoms with Gasteiger partial charge in [-0.2, -0.15) is 0 Å². The lowest BCUT2D eigenvalue weighted by atomic mass is 10.0. The molecule has 0 bridgehead atoms. The zero-order valence-electron chi connectivity index (χ0n) is 10.7. The highest BCUT2D eigenvalue weighted by molar-refractivity contribution is 5.94. The Labute approximate surface area is 111 Å². The first-order valence-corrected chi connectivity index (χ1v) is 6.55. The Morgan fingerprint density at radius 1 is 1.21 bits per heavy atom. The molecule has 1 spiro atoms. The summed E-state index contributed by atoms with van der Waals surface area (Å²) in [6.45, 7) is 2.52. The van der Waals surface area contributed by atoms with Gasteiger partial charge in [0.05, 0.1) is 13.2 Å². The first kappa shape index (κ1) is 12.4. The van der Waals surface area contributed by atoms with Gasteiger partial charge in [0.2, 0.25) is 0 Å². The third-order valence-electron chi connectivity index (χ3n) is 3.72. The second-order valence-corrected chi connectivity index (χ2v) is 4.95. The number of carbonyl (C=O) groups excluding carboxylic acids is 1. The van der Waals surface area contributed by atoms with Crippen molar-refractivity contribution in [1.29, 1.82) is 0 Å². The maximum Gasteiger partial charge on any atom is 0.253 e. The monoisotopic (exact) mass is 263 g/mol. The summed E-state index contributed by atoms with van der Waals surface area (Å²) in [7, 11) is 0. The van der Waals surface area contributed by atoms with E-state index in [0.29, 0.717) is 44.7 Å². The molecule has 1 aromatic rings. The van der Waals surface area contributed by atoms with E-state index in [1.807, 2.05) is 0 Å². The minimum atomic E-state index is -0.463. The highest BCUT2D eigenvalue weighted by Gasteiger charge is 2.40. The second kappa shape index (κ2) is 4.83. The quantitative estimate of drug-likeness (QED) is 0.831. The topological polar surface area (TPSA) is 59.0 Å². The molecular weight excluding hydrogens is 246 g/mol. The average Bonchev–Trinajstić information content (AvgIpc) is 2.87. The zero-order chi connectivity index (χ0) is 13.3. The van der Waals surface area contributed by atoms with E-state index in [1.165, 1.54) is 6.07 Å². The molecule has 2 saturated heterocycles. The number of amides is 1. The largest absolute Gasteiger partial charge is 0.508 e. The van der Waals surface area contributed by atoms with Crippen molar-refractivity contribution >= 4 is 5.91 Å². The number of hydrogen-bond acceptors (Lipinski definition) is 4. The van der Waals surface area contributed by atoms with Crippen molar-refractivity contribution in [2.24, 2.45) is 0 Å². The lowest BCUT2D eigenvalue weighted by Crippen LogP contribution is -2.47. The van der Waals surface area contributed by atoms with Crippen molar-refractivity contribution in [3.63, 3.8) is 0 Å². The summed E-state index contributed by atoms with van der Waals surface area (Å²) in [6, 6.07) is 6.45. The summed E-state index contributed by atoms with van der Waals surface area (Å²) in [5.74, 6) is -0.402. The number of nitrogens with zero attached hydrogens (tertiary/aromatic N) is 1. The molecule has 2 aliphatic heterocycles. The maximum atomic E-state index is 12.3. The predicted octanol–water partition coefficient (Wildman–Crippen LogP) is 1.37. The molecule has 0 radical (unpaired) electrons. The number of phenols is 1. The summed E-state index contributed by atoms with van der Waals surface area (Å²) < 4.78 is 11.3. The minimum absolute atomic E-state index is 0.0521. The van der Waals surface area contributed by atoms with Gasteiger partial charge >= 0.3 is 0 Å². The van der Waals surface area contributed by atoms with Gasteiger partial charge in [-0.05, 0) is 18.2 Å². The van der Waals surface area contributed by atoms with Crippen LogP contribution in [0.4, 0.5) is 0 Å². The zero-order valence-corrected chi connectivity index (χ0v) is 10.7. The number of rotatable bonds is 1. The maximum absolute atomic E-state index is 12.3. The number of likely N-dealkylation sites (tertiary alicyclic amines) is 1. The Kier molecular flexibility index (Phi) is 3.16. The van der Waals surface area contributed by atoms with E-state index in [-0.39, 0.29) is 11.7 Å². The van der Waals surface area contributed by atoms with Crippen molar-refractivity contribution in [2.75, 3.05) is 26.3 Å². The molecule has 0 unspecified atom stereocenters. The second-order valence-electron chi connectivity index (χ2n) is 4.95. The van der Waals surface area contributed by atoms with E-state index in [9.17, 15) is 9.90 Å². The Hall–Kier alpha value is -1.59. The van der Waals surface area contributed by atoms with Gasteiger partial charge in [-0.25, -0.2) is 0 Å². The lowest BCUT2D eigenvalue weighted by molar-refractivity contribution is -0.181. The first-order valence-electron chi connectivity index (χ1n) is 6.55. The van der Waals surface area contributed by atoms with Crippen molar-refractivity contribution in [2.45, 2.75) is 18.6 Å². The Bertz CT molecular complexity index is 472. The van der Waals surface area contributed by atoms with Gasteiger partial charge in [0.25, 0.3) is 5.91 Å². The number of phenolic OH excluding ortho intramolecular Hbond substituents is 1. The molecule has 3 rings (SSSR count). The highest BCUT2D eigenvalue weighted by Crippen LogP contribution is 2.31. The molecule has 1 aromatic carbocycles. The summed E-state index contributed by atoms with van der Waals surface area (Å²) in [4.78, 5) is 14.1. The average molecular weight is 263 g/mol. The van der Waals surface area contributed by atoms with Gasteiger partial charge in [-0.15, -0.1) is 0 Å². The van der Waals surface area contributed by atoms with Gasteiger partial charge in [-0.1, -0.05) is 6.07 Å². The van der Waals surface area contributed by atoms with Crippen LogP contribution >= 0.6 is 0 Å². The van der Waals surface area contributed by atoms with Crippen LogP contribution in [0.15, 0.2) is 24.3 Å². The molecule has 5 nitrogen and oxygen atoms in total. The van der Waals surface area contributed by atoms with Crippen molar-refractivity contribution < 1.29 is 19.4 Å². The van der Waals surface area contributed by atoms with E-state index in [2.05, 4.69) is 0 Å². The Balaban J connectivity index is 1.66. The smallest absolute Gasteiger partial charge is 0.253 e. The molecule has 1 amide bonds. The normalized spacial score (nSPS) is 21.8. The van der Waals surface area contributed by atoms with Gasteiger partial charge in [0.1, 0.15) is 5.75 Å². The number of ether oxygens (including phenoxy) is 2. The van der Waals surface area contributed by atoms with Crippen LogP contribution in [0.2, 0.25) is 0 Å². The molecule has 5 heteroatoms. The van der Waals surface area contributed by atoms with Gasteiger partial charge in [0.15, 0.2) is 5.79 Å². The number of benzene rings is 1. The highest BCUT2D eigenvalue weighted by atomic mass is 16.7. The number of carbonyl (C=O) groups is 1. The third kappa shape index (κ3) is 2.43. The van der Waals surface area contributed by atoms with Gasteiger partial charge in [0, 0.05) is 31.5 Å². The fourth-order valence-corrected chi connectivity index (χ4v) is 2.66. The summed E-state index contributed by atoms with van der Waals surface area (Å²) in [5, 5.41) is 9.42. The molecule has 0 aliphatic carbocycles. The van der Waals surface area contributed by atoms with Gasteiger partial charge in [-0.3, -0.25) is 4.79 Å². The van der Waals surface area contributed by atoms with E-state index >= 15 is 0 Å². The summed E-state index contributed by atoms with van der Waals surface area (Å²) in [5.41, 5.74) is 0.518. The minimum Gasteiger partial charge on any atom is -0.508 e. The number of piperidine rings is 1. The molecule has 19 heavy (non-hydrogen) atoms. The van der Waals surface area contributed by atoms with Crippen LogP contribution in [0, 0.1) is 0 Å².